The summed E-state index contributed by atoms with van der Waals surface area (Å²) in [7, 11) is -0.942. The minimum atomic E-state index is -0.942. The molecule has 19 heavy (non-hydrogen) atoms. The molecule has 1 aromatic rings. The van der Waals surface area contributed by atoms with Crippen LogP contribution in [0.25, 0.3) is 0 Å². The first-order valence-electron chi connectivity index (χ1n) is 6.26. The molecule has 1 heterocycles. The standard InChI is InChI=1S/C13H21N3O2S/c1-5-14-12-6-9(2)15-8-11(12)13(17)16-7-10(3)19(4)18/h6,8,10H,5,7H2,1-4H3,(H,14,15)(H,16,17). The molecule has 0 radical (unpaired) electrons. The molecule has 0 aromatic carbocycles. The molecule has 5 nitrogen and oxygen atoms in total. The molecule has 106 valence electrons. The van der Waals surface area contributed by atoms with Crippen LogP contribution < -0.4 is 10.6 Å². The Morgan fingerprint density at radius 1 is 1.53 bits per heavy atom. The maximum Gasteiger partial charge on any atom is 0.254 e. The molecule has 0 saturated carbocycles. The predicted molar refractivity (Wildman–Crippen MR) is 79.0 cm³/mol. The lowest BCUT2D eigenvalue weighted by atomic mass is 10.2. The highest BCUT2D eigenvalue weighted by Crippen LogP contribution is 2.15. The fourth-order valence-corrected chi connectivity index (χ4v) is 1.84. The van der Waals surface area contributed by atoms with E-state index in [4.69, 9.17) is 0 Å². The summed E-state index contributed by atoms with van der Waals surface area (Å²) >= 11 is 0. The Bertz CT molecular complexity index is 477. The lowest BCUT2D eigenvalue weighted by Crippen LogP contribution is -2.33. The van der Waals surface area contributed by atoms with Crippen LogP contribution in [0, 0.1) is 6.92 Å². The number of carbonyl (C=O) groups excluding carboxylic acids is 1. The number of nitrogens with one attached hydrogen (secondary N) is 2. The number of hydrogen-bond donors (Lipinski definition) is 2. The van der Waals surface area contributed by atoms with Crippen molar-refractivity contribution in [1.29, 1.82) is 0 Å². The summed E-state index contributed by atoms with van der Waals surface area (Å²) < 4.78 is 11.2. The van der Waals surface area contributed by atoms with Crippen LogP contribution in [0.2, 0.25) is 0 Å². The summed E-state index contributed by atoms with van der Waals surface area (Å²) in [5.74, 6) is -0.194. The summed E-state index contributed by atoms with van der Waals surface area (Å²) in [6.45, 7) is 6.82. The van der Waals surface area contributed by atoms with Crippen LogP contribution in [0.1, 0.15) is 29.9 Å². The van der Waals surface area contributed by atoms with Gasteiger partial charge in [0.1, 0.15) is 0 Å². The van der Waals surface area contributed by atoms with Crippen molar-refractivity contribution in [3.05, 3.63) is 23.5 Å². The average molecular weight is 283 g/mol. The first kappa shape index (κ1) is 15.6. The van der Waals surface area contributed by atoms with Gasteiger partial charge in [0.2, 0.25) is 0 Å². The Morgan fingerprint density at radius 3 is 2.79 bits per heavy atom. The van der Waals surface area contributed by atoms with Crippen molar-refractivity contribution in [2.75, 3.05) is 24.7 Å². The molecule has 0 spiro atoms. The monoisotopic (exact) mass is 283 g/mol. The Labute approximate surface area is 116 Å². The largest absolute Gasteiger partial charge is 0.385 e. The van der Waals surface area contributed by atoms with Gasteiger partial charge in [0, 0.05) is 47.3 Å². The summed E-state index contributed by atoms with van der Waals surface area (Å²) in [6.07, 6.45) is 3.20. The summed E-state index contributed by atoms with van der Waals surface area (Å²) in [5, 5.41) is 5.87. The molecule has 0 fully saturated rings. The molecular weight excluding hydrogens is 262 g/mol. The van der Waals surface area contributed by atoms with E-state index in [-0.39, 0.29) is 11.2 Å². The zero-order valence-corrected chi connectivity index (χ0v) is 12.6. The van der Waals surface area contributed by atoms with Crippen LogP contribution in [0.15, 0.2) is 12.3 Å². The lowest BCUT2D eigenvalue weighted by molar-refractivity contribution is 0.0954. The second kappa shape index (κ2) is 7.23. The quantitative estimate of drug-likeness (QED) is 0.826. The Kier molecular flexibility index (Phi) is 5.95. The molecule has 0 aliphatic heterocycles. The van der Waals surface area contributed by atoms with E-state index in [2.05, 4.69) is 15.6 Å². The molecule has 0 aliphatic rings. The number of pyridine rings is 1. The number of aryl methyl sites for hydroxylation is 1. The topological polar surface area (TPSA) is 71.1 Å². The fraction of sp³-hybridized carbons (Fsp3) is 0.538. The van der Waals surface area contributed by atoms with Gasteiger partial charge >= 0.3 is 0 Å². The van der Waals surface area contributed by atoms with E-state index < -0.39 is 10.8 Å². The van der Waals surface area contributed by atoms with Gasteiger partial charge in [-0.1, -0.05) is 0 Å². The summed E-state index contributed by atoms with van der Waals surface area (Å²) in [6, 6.07) is 1.85. The van der Waals surface area contributed by atoms with Gasteiger partial charge < -0.3 is 10.6 Å². The predicted octanol–water partition coefficient (Wildman–Crippen LogP) is 1.32. The molecule has 0 aliphatic carbocycles. The van der Waals surface area contributed by atoms with E-state index in [1.807, 2.05) is 26.8 Å². The number of anilines is 1. The van der Waals surface area contributed by atoms with Gasteiger partial charge in [-0.3, -0.25) is 14.0 Å². The van der Waals surface area contributed by atoms with Crippen LogP contribution >= 0.6 is 0 Å². The molecule has 1 aromatic heterocycles. The maximum atomic E-state index is 12.1. The second-order valence-electron chi connectivity index (χ2n) is 4.42. The SMILES string of the molecule is CCNc1cc(C)ncc1C(=O)NCC(C)S(C)=O. The Hall–Kier alpha value is -1.43. The van der Waals surface area contributed by atoms with Crippen LogP contribution in [-0.2, 0) is 10.8 Å². The smallest absolute Gasteiger partial charge is 0.254 e. The van der Waals surface area contributed by atoms with Crippen LogP contribution in [0.3, 0.4) is 0 Å². The van der Waals surface area contributed by atoms with E-state index in [9.17, 15) is 9.00 Å². The highest BCUT2D eigenvalue weighted by Gasteiger charge is 2.14. The molecule has 6 heteroatoms. The second-order valence-corrected chi connectivity index (χ2v) is 6.22. The van der Waals surface area contributed by atoms with Crippen molar-refractivity contribution in [1.82, 2.24) is 10.3 Å². The number of aromatic nitrogens is 1. The third-order valence-corrected chi connectivity index (χ3v) is 4.07. The van der Waals surface area contributed by atoms with E-state index >= 15 is 0 Å². The normalized spacial score (nSPS) is 13.7. The molecule has 2 N–H and O–H groups in total. The highest BCUT2D eigenvalue weighted by molar-refractivity contribution is 7.84. The first-order valence-corrected chi connectivity index (χ1v) is 7.88. The minimum absolute atomic E-state index is 0.0649. The van der Waals surface area contributed by atoms with E-state index in [0.717, 1.165) is 17.9 Å². The Balaban J connectivity index is 2.78. The van der Waals surface area contributed by atoms with Gasteiger partial charge in [0.25, 0.3) is 5.91 Å². The third-order valence-electron chi connectivity index (χ3n) is 2.77. The number of amides is 1. The van der Waals surface area contributed by atoms with Crippen molar-refractivity contribution in [3.63, 3.8) is 0 Å². The first-order chi connectivity index (χ1) is 8.95. The average Bonchev–Trinajstić information content (AvgIpc) is 2.36. The van der Waals surface area contributed by atoms with E-state index in [0.29, 0.717) is 12.1 Å². The van der Waals surface area contributed by atoms with Gasteiger partial charge in [-0.25, -0.2) is 0 Å². The highest BCUT2D eigenvalue weighted by atomic mass is 32.2. The zero-order valence-electron chi connectivity index (χ0n) is 11.8. The molecule has 0 bridgehead atoms. The van der Waals surface area contributed by atoms with Gasteiger partial charge in [-0.05, 0) is 26.8 Å². The van der Waals surface area contributed by atoms with Crippen molar-refractivity contribution in [2.24, 2.45) is 0 Å². The van der Waals surface area contributed by atoms with Gasteiger partial charge in [0.05, 0.1) is 11.3 Å². The summed E-state index contributed by atoms with van der Waals surface area (Å²) in [5.41, 5.74) is 2.15. The van der Waals surface area contributed by atoms with Crippen LogP contribution in [0.5, 0.6) is 0 Å². The maximum absolute atomic E-state index is 12.1. The number of nitrogens with zero attached hydrogens (tertiary/aromatic N) is 1. The van der Waals surface area contributed by atoms with Gasteiger partial charge in [0.15, 0.2) is 0 Å². The van der Waals surface area contributed by atoms with Crippen molar-refractivity contribution < 1.29 is 9.00 Å². The Morgan fingerprint density at radius 2 is 2.21 bits per heavy atom. The molecule has 0 saturated heterocycles. The van der Waals surface area contributed by atoms with Gasteiger partial charge in [-0.2, -0.15) is 0 Å². The van der Waals surface area contributed by atoms with Gasteiger partial charge in [-0.15, -0.1) is 0 Å². The number of rotatable bonds is 6. The molecule has 1 amide bonds. The summed E-state index contributed by atoms with van der Waals surface area (Å²) in [4.78, 5) is 16.2. The number of hydrogen-bond acceptors (Lipinski definition) is 4. The van der Waals surface area contributed by atoms with Crippen LogP contribution in [0.4, 0.5) is 5.69 Å². The molecular formula is C13H21N3O2S. The molecule has 1 rings (SSSR count). The van der Waals surface area contributed by atoms with Crippen LogP contribution in [-0.4, -0.2) is 39.7 Å². The molecule has 2 atom stereocenters. The number of carbonyl (C=O) groups is 1. The van der Waals surface area contributed by atoms with E-state index in [1.165, 1.54) is 0 Å². The lowest BCUT2D eigenvalue weighted by Gasteiger charge is -2.13. The zero-order chi connectivity index (χ0) is 14.4. The fourth-order valence-electron chi connectivity index (χ4n) is 1.53. The van der Waals surface area contributed by atoms with Crippen molar-refractivity contribution in [3.8, 4) is 0 Å². The van der Waals surface area contributed by atoms with Crippen molar-refractivity contribution in [2.45, 2.75) is 26.0 Å². The third kappa shape index (κ3) is 4.63. The van der Waals surface area contributed by atoms with E-state index in [1.54, 1.807) is 12.5 Å². The molecule has 2 unspecified atom stereocenters. The van der Waals surface area contributed by atoms with Crippen molar-refractivity contribution >= 4 is 22.4 Å². The minimum Gasteiger partial charge on any atom is -0.385 e.